The molecule has 0 radical (unpaired) electrons. The first-order valence-corrected chi connectivity index (χ1v) is 7.96. The number of aromatic carboxylic acids is 1. The molecule has 0 bridgehead atoms. The molecule has 1 aliphatic heterocycles. The minimum Gasteiger partial charge on any atom is -0.478 e. The molecule has 1 aromatic rings. The van der Waals surface area contributed by atoms with E-state index in [1.165, 1.54) is 12.1 Å². The SMILES string of the molecule is COCC1(C)CCN(C(=O)c2cc(Br)cc(C(=O)O)c2)CC1. The first kappa shape index (κ1) is 17.0. The lowest BCUT2D eigenvalue weighted by Gasteiger charge is -2.39. The summed E-state index contributed by atoms with van der Waals surface area (Å²) in [7, 11) is 1.69. The molecule has 0 saturated carbocycles. The van der Waals surface area contributed by atoms with Crippen molar-refractivity contribution in [3.63, 3.8) is 0 Å². The van der Waals surface area contributed by atoms with Crippen molar-refractivity contribution in [2.75, 3.05) is 26.8 Å². The number of carboxylic acid groups (broad SMARTS) is 1. The third-order valence-corrected chi connectivity index (χ3v) is 4.60. The number of halogens is 1. The highest BCUT2D eigenvalue weighted by Crippen LogP contribution is 2.31. The van der Waals surface area contributed by atoms with Gasteiger partial charge in [0.2, 0.25) is 0 Å². The third-order valence-electron chi connectivity index (χ3n) is 4.14. The van der Waals surface area contributed by atoms with Crippen molar-refractivity contribution in [2.24, 2.45) is 5.41 Å². The molecule has 0 unspecified atom stereocenters. The van der Waals surface area contributed by atoms with Gasteiger partial charge in [-0.2, -0.15) is 0 Å². The third kappa shape index (κ3) is 3.87. The predicted octanol–water partition coefficient (Wildman–Crippen LogP) is 3.04. The van der Waals surface area contributed by atoms with Gasteiger partial charge in [0.15, 0.2) is 0 Å². The fourth-order valence-electron chi connectivity index (χ4n) is 2.76. The van der Waals surface area contributed by atoms with E-state index in [-0.39, 0.29) is 16.9 Å². The fraction of sp³-hybridized carbons (Fsp3) is 0.500. The lowest BCUT2D eigenvalue weighted by Crippen LogP contribution is -2.43. The molecule has 1 heterocycles. The maximum atomic E-state index is 12.6. The number of hydrogen-bond donors (Lipinski definition) is 1. The zero-order valence-corrected chi connectivity index (χ0v) is 14.4. The minimum absolute atomic E-state index is 0.106. The summed E-state index contributed by atoms with van der Waals surface area (Å²) in [6.07, 6.45) is 1.76. The zero-order valence-electron chi connectivity index (χ0n) is 12.8. The predicted molar refractivity (Wildman–Crippen MR) is 86.2 cm³/mol. The number of carbonyl (C=O) groups is 2. The van der Waals surface area contributed by atoms with E-state index in [1.54, 1.807) is 18.1 Å². The second kappa shape index (κ2) is 6.79. The Kier molecular flexibility index (Phi) is 5.24. The maximum Gasteiger partial charge on any atom is 0.335 e. The molecule has 2 rings (SSSR count). The summed E-state index contributed by atoms with van der Waals surface area (Å²) < 4.78 is 5.84. The van der Waals surface area contributed by atoms with Crippen molar-refractivity contribution in [1.29, 1.82) is 0 Å². The highest BCUT2D eigenvalue weighted by Gasteiger charge is 2.32. The maximum absolute atomic E-state index is 12.6. The number of benzene rings is 1. The van der Waals surface area contributed by atoms with Crippen LogP contribution in [0.5, 0.6) is 0 Å². The van der Waals surface area contributed by atoms with E-state index in [4.69, 9.17) is 9.84 Å². The molecule has 0 spiro atoms. The Morgan fingerprint density at radius 2 is 1.86 bits per heavy atom. The molecule has 1 N–H and O–H groups in total. The van der Waals surface area contributed by atoms with Gasteiger partial charge in [-0.25, -0.2) is 4.79 Å². The molecular weight excluding hydrogens is 350 g/mol. The Labute approximate surface area is 138 Å². The van der Waals surface area contributed by atoms with Gasteiger partial charge in [-0.05, 0) is 36.5 Å². The van der Waals surface area contributed by atoms with Crippen LogP contribution in [-0.4, -0.2) is 48.7 Å². The molecule has 1 amide bonds. The van der Waals surface area contributed by atoms with Gasteiger partial charge in [0.05, 0.1) is 12.2 Å². The van der Waals surface area contributed by atoms with E-state index in [0.717, 1.165) is 12.8 Å². The van der Waals surface area contributed by atoms with E-state index >= 15 is 0 Å². The Bertz CT molecular complexity index is 580. The van der Waals surface area contributed by atoms with Crippen molar-refractivity contribution in [3.05, 3.63) is 33.8 Å². The van der Waals surface area contributed by atoms with Crippen molar-refractivity contribution in [1.82, 2.24) is 4.90 Å². The van der Waals surface area contributed by atoms with E-state index in [1.807, 2.05) is 0 Å². The molecule has 0 atom stereocenters. The zero-order chi connectivity index (χ0) is 16.3. The van der Waals surface area contributed by atoms with Crippen molar-refractivity contribution < 1.29 is 19.4 Å². The van der Waals surface area contributed by atoms with E-state index in [9.17, 15) is 9.59 Å². The number of carboxylic acids is 1. The highest BCUT2D eigenvalue weighted by molar-refractivity contribution is 9.10. The number of likely N-dealkylation sites (tertiary alicyclic amines) is 1. The molecule has 1 aliphatic rings. The number of carbonyl (C=O) groups excluding carboxylic acids is 1. The molecule has 120 valence electrons. The molecule has 22 heavy (non-hydrogen) atoms. The standard InChI is InChI=1S/C16H20BrNO4/c1-16(10-22-2)3-5-18(6-4-16)14(19)11-7-12(15(20)21)9-13(17)8-11/h7-9H,3-6,10H2,1-2H3,(H,20,21). The van der Waals surface area contributed by atoms with Crippen LogP contribution < -0.4 is 0 Å². The lowest BCUT2D eigenvalue weighted by atomic mass is 9.81. The van der Waals surface area contributed by atoms with Crippen molar-refractivity contribution in [2.45, 2.75) is 19.8 Å². The van der Waals surface area contributed by atoms with Gasteiger partial charge < -0.3 is 14.7 Å². The van der Waals surface area contributed by atoms with Gasteiger partial charge in [0.25, 0.3) is 5.91 Å². The van der Waals surface area contributed by atoms with Gasteiger partial charge in [0, 0.05) is 30.2 Å². The monoisotopic (exact) mass is 369 g/mol. The molecule has 1 aromatic carbocycles. The van der Waals surface area contributed by atoms with Crippen LogP contribution in [0.2, 0.25) is 0 Å². The molecular formula is C16H20BrNO4. The summed E-state index contributed by atoms with van der Waals surface area (Å²) in [5, 5.41) is 9.09. The molecule has 1 saturated heterocycles. The van der Waals surface area contributed by atoms with Crippen LogP contribution in [-0.2, 0) is 4.74 Å². The van der Waals surface area contributed by atoms with Crippen LogP contribution in [0.1, 0.15) is 40.5 Å². The molecule has 0 aromatic heterocycles. The second-order valence-electron chi connectivity index (χ2n) is 6.07. The molecule has 6 heteroatoms. The Morgan fingerprint density at radius 3 is 2.41 bits per heavy atom. The van der Waals surface area contributed by atoms with Gasteiger partial charge in [0.1, 0.15) is 0 Å². The fourth-order valence-corrected chi connectivity index (χ4v) is 3.25. The summed E-state index contributed by atoms with van der Waals surface area (Å²) in [5.74, 6) is -1.16. The van der Waals surface area contributed by atoms with Gasteiger partial charge in [-0.1, -0.05) is 22.9 Å². The highest BCUT2D eigenvalue weighted by atomic mass is 79.9. The van der Waals surface area contributed by atoms with E-state index in [0.29, 0.717) is 29.7 Å². The normalized spacial score (nSPS) is 17.3. The number of rotatable bonds is 4. The summed E-state index contributed by atoms with van der Waals surface area (Å²) in [6, 6.07) is 4.58. The van der Waals surface area contributed by atoms with Gasteiger partial charge in [-0.3, -0.25) is 4.79 Å². The van der Waals surface area contributed by atoms with Crippen LogP contribution >= 0.6 is 15.9 Å². The summed E-state index contributed by atoms with van der Waals surface area (Å²) >= 11 is 3.26. The largest absolute Gasteiger partial charge is 0.478 e. The number of methoxy groups -OCH3 is 1. The number of amides is 1. The summed E-state index contributed by atoms with van der Waals surface area (Å²) in [6.45, 7) is 4.18. The minimum atomic E-state index is -1.04. The first-order valence-electron chi connectivity index (χ1n) is 7.17. The van der Waals surface area contributed by atoms with Crippen LogP contribution in [0.25, 0.3) is 0 Å². The number of nitrogens with zero attached hydrogens (tertiary/aromatic N) is 1. The summed E-state index contributed by atoms with van der Waals surface area (Å²) in [4.78, 5) is 25.5. The summed E-state index contributed by atoms with van der Waals surface area (Å²) in [5.41, 5.74) is 0.621. The van der Waals surface area contributed by atoms with Crippen LogP contribution in [0.3, 0.4) is 0 Å². The van der Waals surface area contributed by atoms with Gasteiger partial charge in [-0.15, -0.1) is 0 Å². The van der Waals surface area contributed by atoms with E-state index in [2.05, 4.69) is 22.9 Å². The quantitative estimate of drug-likeness (QED) is 0.885. The number of hydrogen-bond acceptors (Lipinski definition) is 3. The smallest absolute Gasteiger partial charge is 0.335 e. The van der Waals surface area contributed by atoms with Crippen molar-refractivity contribution in [3.8, 4) is 0 Å². The number of ether oxygens (including phenoxy) is 1. The molecule has 0 aliphatic carbocycles. The lowest BCUT2D eigenvalue weighted by molar-refractivity contribution is 0.0301. The van der Waals surface area contributed by atoms with Crippen LogP contribution in [0, 0.1) is 5.41 Å². The van der Waals surface area contributed by atoms with Crippen LogP contribution in [0.15, 0.2) is 22.7 Å². The molecule has 1 fully saturated rings. The topological polar surface area (TPSA) is 66.8 Å². The van der Waals surface area contributed by atoms with Crippen LogP contribution in [0.4, 0.5) is 0 Å². The second-order valence-corrected chi connectivity index (χ2v) is 6.99. The number of piperidine rings is 1. The van der Waals surface area contributed by atoms with Crippen molar-refractivity contribution >= 4 is 27.8 Å². The first-order chi connectivity index (χ1) is 10.3. The Hall–Kier alpha value is -1.40. The van der Waals surface area contributed by atoms with Gasteiger partial charge >= 0.3 is 5.97 Å². The Morgan fingerprint density at radius 1 is 1.27 bits per heavy atom. The average molecular weight is 370 g/mol. The Balaban J connectivity index is 2.12. The average Bonchev–Trinajstić information content (AvgIpc) is 2.46. The van der Waals surface area contributed by atoms with E-state index < -0.39 is 5.97 Å². The molecule has 5 nitrogen and oxygen atoms in total.